The van der Waals surface area contributed by atoms with Crippen LogP contribution in [0, 0.1) is 5.82 Å². The normalized spacial score (nSPS) is 17.1. The molecule has 1 N–H and O–H groups in total. The molecule has 0 bridgehead atoms. The van der Waals surface area contributed by atoms with Gasteiger partial charge in [-0.05, 0) is 24.3 Å². The SMILES string of the molecule is O=c1[nH]c2c(F)ccc3c2n1C(c1ccccn1)CO3. The summed E-state index contributed by atoms with van der Waals surface area (Å²) >= 11 is 0. The Kier molecular flexibility index (Phi) is 2.20. The molecule has 4 rings (SSSR count). The monoisotopic (exact) mass is 271 g/mol. The fourth-order valence-electron chi connectivity index (χ4n) is 2.62. The van der Waals surface area contributed by atoms with Gasteiger partial charge in [0.2, 0.25) is 0 Å². The number of H-pyrrole nitrogens is 1. The highest BCUT2D eigenvalue weighted by molar-refractivity contribution is 5.83. The highest BCUT2D eigenvalue weighted by Crippen LogP contribution is 2.33. The maximum Gasteiger partial charge on any atom is 0.327 e. The van der Waals surface area contributed by atoms with Gasteiger partial charge in [0, 0.05) is 6.20 Å². The number of halogens is 1. The van der Waals surface area contributed by atoms with Gasteiger partial charge in [-0.25, -0.2) is 9.18 Å². The Morgan fingerprint density at radius 2 is 2.25 bits per heavy atom. The summed E-state index contributed by atoms with van der Waals surface area (Å²) in [5.74, 6) is 0.0387. The molecule has 1 aliphatic rings. The number of aromatic nitrogens is 3. The number of ether oxygens (including phenoxy) is 1. The largest absolute Gasteiger partial charge is 0.489 e. The summed E-state index contributed by atoms with van der Waals surface area (Å²) in [5.41, 5.74) is 0.987. The number of aromatic amines is 1. The van der Waals surface area contributed by atoms with E-state index in [0.717, 1.165) is 0 Å². The minimum Gasteiger partial charge on any atom is -0.489 e. The molecule has 0 saturated carbocycles. The molecule has 3 aromatic rings. The first kappa shape index (κ1) is 11.2. The lowest BCUT2D eigenvalue weighted by molar-refractivity contribution is 0.253. The third kappa shape index (κ3) is 1.41. The molecule has 2 aromatic heterocycles. The number of imidazole rings is 1. The molecular formula is C14H10FN3O2. The number of nitrogens with zero attached hydrogens (tertiary/aromatic N) is 2. The highest BCUT2D eigenvalue weighted by Gasteiger charge is 2.28. The third-order valence-electron chi connectivity index (χ3n) is 3.52. The maximum absolute atomic E-state index is 13.8. The van der Waals surface area contributed by atoms with Gasteiger partial charge in [0.05, 0.1) is 5.69 Å². The molecule has 1 atom stereocenters. The van der Waals surface area contributed by atoms with Crippen LogP contribution in [-0.2, 0) is 0 Å². The molecule has 1 aliphatic heterocycles. The van der Waals surface area contributed by atoms with Crippen molar-refractivity contribution in [1.29, 1.82) is 0 Å². The van der Waals surface area contributed by atoms with Crippen LogP contribution >= 0.6 is 0 Å². The topological polar surface area (TPSA) is 59.9 Å². The van der Waals surface area contributed by atoms with E-state index < -0.39 is 5.82 Å². The lowest BCUT2D eigenvalue weighted by Gasteiger charge is -2.24. The summed E-state index contributed by atoms with van der Waals surface area (Å²) in [6.07, 6.45) is 1.66. The van der Waals surface area contributed by atoms with Gasteiger partial charge >= 0.3 is 5.69 Å². The van der Waals surface area contributed by atoms with E-state index in [4.69, 9.17) is 4.74 Å². The average molecular weight is 271 g/mol. The fourth-order valence-corrected chi connectivity index (χ4v) is 2.62. The Bertz CT molecular complexity index is 854. The van der Waals surface area contributed by atoms with Gasteiger partial charge in [-0.1, -0.05) is 6.07 Å². The molecule has 1 unspecified atom stereocenters. The zero-order valence-electron chi connectivity index (χ0n) is 10.3. The number of rotatable bonds is 1. The number of hydrogen-bond acceptors (Lipinski definition) is 3. The van der Waals surface area contributed by atoms with Crippen LogP contribution in [-0.4, -0.2) is 21.1 Å². The summed E-state index contributed by atoms with van der Waals surface area (Å²) in [6, 6.07) is 7.94. The first-order valence-electron chi connectivity index (χ1n) is 6.22. The second-order valence-electron chi connectivity index (χ2n) is 4.65. The molecule has 6 heteroatoms. The van der Waals surface area contributed by atoms with E-state index in [1.807, 2.05) is 12.1 Å². The third-order valence-corrected chi connectivity index (χ3v) is 3.52. The zero-order chi connectivity index (χ0) is 13.7. The van der Waals surface area contributed by atoms with E-state index in [9.17, 15) is 9.18 Å². The molecule has 0 spiro atoms. The van der Waals surface area contributed by atoms with Gasteiger partial charge in [0.1, 0.15) is 35.2 Å². The fraction of sp³-hybridized carbons (Fsp3) is 0.143. The van der Waals surface area contributed by atoms with Crippen LogP contribution < -0.4 is 10.4 Å². The number of nitrogens with one attached hydrogen (secondary N) is 1. The molecule has 0 amide bonds. The Labute approximate surface area is 112 Å². The zero-order valence-corrected chi connectivity index (χ0v) is 10.3. The smallest absolute Gasteiger partial charge is 0.327 e. The molecule has 0 radical (unpaired) electrons. The summed E-state index contributed by atoms with van der Waals surface area (Å²) < 4.78 is 21.0. The molecule has 100 valence electrons. The summed E-state index contributed by atoms with van der Waals surface area (Å²) in [4.78, 5) is 19.0. The second kappa shape index (κ2) is 3.93. The van der Waals surface area contributed by atoms with Crippen LogP contribution in [0.3, 0.4) is 0 Å². The van der Waals surface area contributed by atoms with Crippen LogP contribution in [0.4, 0.5) is 4.39 Å². The van der Waals surface area contributed by atoms with Crippen molar-refractivity contribution in [3.05, 3.63) is 58.5 Å². The van der Waals surface area contributed by atoms with E-state index in [1.54, 1.807) is 12.3 Å². The van der Waals surface area contributed by atoms with E-state index in [1.165, 1.54) is 16.7 Å². The van der Waals surface area contributed by atoms with Crippen molar-refractivity contribution in [2.45, 2.75) is 6.04 Å². The lowest BCUT2D eigenvalue weighted by atomic mass is 10.1. The first-order chi connectivity index (χ1) is 9.75. The van der Waals surface area contributed by atoms with Crippen molar-refractivity contribution in [2.24, 2.45) is 0 Å². The maximum atomic E-state index is 13.8. The molecule has 0 saturated heterocycles. The molecule has 5 nitrogen and oxygen atoms in total. The Morgan fingerprint density at radius 3 is 3.05 bits per heavy atom. The van der Waals surface area contributed by atoms with Gasteiger partial charge in [0.15, 0.2) is 0 Å². The summed E-state index contributed by atoms with van der Waals surface area (Å²) in [5, 5.41) is 0. The van der Waals surface area contributed by atoms with Gasteiger partial charge < -0.3 is 9.72 Å². The van der Waals surface area contributed by atoms with Crippen molar-refractivity contribution in [3.8, 4) is 5.75 Å². The number of pyridine rings is 1. The van der Waals surface area contributed by atoms with Gasteiger partial charge in [-0.15, -0.1) is 0 Å². The first-order valence-corrected chi connectivity index (χ1v) is 6.22. The van der Waals surface area contributed by atoms with Crippen molar-refractivity contribution < 1.29 is 9.13 Å². The minimum absolute atomic E-state index is 0.174. The standard InChI is InChI=1S/C14H10FN3O2/c15-8-4-5-11-13-12(8)17-14(19)18(13)10(7-20-11)9-3-1-2-6-16-9/h1-6,10H,7H2,(H,17,19). The van der Waals surface area contributed by atoms with Crippen LogP contribution in [0.25, 0.3) is 11.0 Å². The number of benzene rings is 1. The lowest BCUT2D eigenvalue weighted by Crippen LogP contribution is -2.31. The molecule has 20 heavy (non-hydrogen) atoms. The number of hydrogen-bond donors (Lipinski definition) is 1. The van der Waals surface area contributed by atoms with Gasteiger partial charge in [0.25, 0.3) is 0 Å². The van der Waals surface area contributed by atoms with Crippen molar-refractivity contribution in [1.82, 2.24) is 14.5 Å². The van der Waals surface area contributed by atoms with E-state index >= 15 is 0 Å². The molecule has 1 aromatic carbocycles. The van der Waals surface area contributed by atoms with E-state index in [0.29, 0.717) is 23.6 Å². The van der Waals surface area contributed by atoms with Gasteiger partial charge in [-0.3, -0.25) is 9.55 Å². The summed E-state index contributed by atoms with van der Waals surface area (Å²) in [7, 11) is 0. The molecule has 0 aliphatic carbocycles. The van der Waals surface area contributed by atoms with Crippen LogP contribution in [0.5, 0.6) is 5.75 Å². The van der Waals surface area contributed by atoms with E-state index in [2.05, 4.69) is 9.97 Å². The average Bonchev–Trinajstić information content (AvgIpc) is 2.84. The Morgan fingerprint density at radius 1 is 1.35 bits per heavy atom. The Hall–Kier alpha value is -2.63. The van der Waals surface area contributed by atoms with Crippen molar-refractivity contribution >= 4 is 11.0 Å². The van der Waals surface area contributed by atoms with Crippen LogP contribution in [0.1, 0.15) is 11.7 Å². The minimum atomic E-state index is -0.468. The Balaban J connectivity index is 2.04. The van der Waals surface area contributed by atoms with E-state index in [-0.39, 0.29) is 17.2 Å². The summed E-state index contributed by atoms with van der Waals surface area (Å²) in [6.45, 7) is 0.294. The predicted molar refractivity (Wildman–Crippen MR) is 70.4 cm³/mol. The van der Waals surface area contributed by atoms with Gasteiger partial charge in [-0.2, -0.15) is 0 Å². The van der Waals surface area contributed by atoms with Crippen molar-refractivity contribution in [3.63, 3.8) is 0 Å². The van der Waals surface area contributed by atoms with Crippen molar-refractivity contribution in [2.75, 3.05) is 6.61 Å². The predicted octanol–water partition coefficient (Wildman–Crippen LogP) is 1.85. The quantitative estimate of drug-likeness (QED) is 0.734. The molecule has 0 fully saturated rings. The second-order valence-corrected chi connectivity index (χ2v) is 4.65. The van der Waals surface area contributed by atoms with Crippen LogP contribution in [0.2, 0.25) is 0 Å². The highest BCUT2D eigenvalue weighted by atomic mass is 19.1. The molecule has 3 heterocycles. The van der Waals surface area contributed by atoms with Crippen LogP contribution in [0.15, 0.2) is 41.3 Å². The molecular weight excluding hydrogens is 261 g/mol.